The minimum atomic E-state index is -3.45. The third-order valence-corrected chi connectivity index (χ3v) is 4.57. The van der Waals surface area contributed by atoms with Gasteiger partial charge in [0, 0.05) is 32.7 Å². The second kappa shape index (κ2) is 6.83. The van der Waals surface area contributed by atoms with Crippen molar-refractivity contribution in [2.24, 2.45) is 0 Å². The minimum Gasteiger partial charge on any atom is -0.351 e. The molecule has 0 bridgehead atoms. The number of rotatable bonds is 6. The van der Waals surface area contributed by atoms with Gasteiger partial charge in [-0.15, -0.1) is 0 Å². The molecule has 0 unspecified atom stereocenters. The van der Waals surface area contributed by atoms with E-state index in [4.69, 9.17) is 0 Å². The molecule has 0 radical (unpaired) electrons. The van der Waals surface area contributed by atoms with Gasteiger partial charge >= 0.3 is 0 Å². The van der Waals surface area contributed by atoms with Crippen molar-refractivity contribution >= 4 is 15.9 Å². The Morgan fingerprint density at radius 3 is 2.10 bits per heavy atom. The van der Waals surface area contributed by atoms with Gasteiger partial charge in [-0.1, -0.05) is 0 Å². The number of nitrogens with one attached hydrogen (secondary N) is 1. The number of likely N-dealkylation sites (N-methyl/N-ethyl adjacent to an activating group) is 1. The van der Waals surface area contributed by atoms with E-state index in [0.717, 1.165) is 10.8 Å². The Morgan fingerprint density at radius 2 is 1.65 bits per heavy atom. The van der Waals surface area contributed by atoms with Crippen LogP contribution in [0.1, 0.15) is 10.4 Å². The lowest BCUT2D eigenvalue weighted by molar-refractivity contribution is 0.0951. The lowest BCUT2D eigenvalue weighted by Gasteiger charge is -2.12. The number of sulfonamides is 1. The number of benzene rings is 1. The summed E-state index contributed by atoms with van der Waals surface area (Å²) in [5.74, 6) is -0.208. The van der Waals surface area contributed by atoms with E-state index in [-0.39, 0.29) is 10.8 Å². The van der Waals surface area contributed by atoms with Crippen molar-refractivity contribution in [1.82, 2.24) is 14.5 Å². The third-order valence-electron chi connectivity index (χ3n) is 2.74. The molecule has 1 N–H and O–H groups in total. The van der Waals surface area contributed by atoms with E-state index in [1.807, 2.05) is 19.0 Å². The van der Waals surface area contributed by atoms with Gasteiger partial charge in [0.05, 0.1) is 4.90 Å². The highest BCUT2D eigenvalue weighted by molar-refractivity contribution is 7.89. The standard InChI is InChI=1S/C13H21N3O3S/c1-15(2)10-9-14-13(17)11-5-7-12(8-6-11)20(18,19)16(3)4/h5-8H,9-10H2,1-4H3,(H,14,17). The van der Waals surface area contributed by atoms with Crippen molar-refractivity contribution in [3.05, 3.63) is 29.8 Å². The lowest BCUT2D eigenvalue weighted by Crippen LogP contribution is -2.31. The lowest BCUT2D eigenvalue weighted by atomic mass is 10.2. The SMILES string of the molecule is CN(C)CCNC(=O)c1ccc(S(=O)(=O)N(C)C)cc1. The van der Waals surface area contributed by atoms with Crippen LogP contribution in [0, 0.1) is 0 Å². The van der Waals surface area contributed by atoms with Gasteiger partial charge in [-0.2, -0.15) is 0 Å². The Bertz CT molecular complexity index is 551. The van der Waals surface area contributed by atoms with Crippen LogP contribution in [-0.4, -0.2) is 64.8 Å². The van der Waals surface area contributed by atoms with Gasteiger partial charge in [-0.05, 0) is 38.4 Å². The number of hydrogen-bond donors (Lipinski definition) is 1. The first-order chi connectivity index (χ1) is 9.25. The summed E-state index contributed by atoms with van der Waals surface area (Å²) >= 11 is 0. The van der Waals surface area contributed by atoms with Crippen LogP contribution < -0.4 is 5.32 Å². The van der Waals surface area contributed by atoms with Crippen LogP contribution in [0.3, 0.4) is 0 Å². The molecule has 1 amide bonds. The van der Waals surface area contributed by atoms with E-state index >= 15 is 0 Å². The molecule has 0 fully saturated rings. The molecule has 0 atom stereocenters. The number of amides is 1. The van der Waals surface area contributed by atoms with E-state index in [1.165, 1.54) is 38.4 Å². The molecule has 0 saturated carbocycles. The largest absolute Gasteiger partial charge is 0.351 e. The average molecular weight is 299 g/mol. The summed E-state index contributed by atoms with van der Waals surface area (Å²) in [5, 5.41) is 2.77. The molecule has 0 aromatic heterocycles. The number of hydrogen-bond acceptors (Lipinski definition) is 4. The molecular weight excluding hydrogens is 278 g/mol. The van der Waals surface area contributed by atoms with Gasteiger partial charge in [0.1, 0.15) is 0 Å². The van der Waals surface area contributed by atoms with Crippen LogP contribution in [0.15, 0.2) is 29.2 Å². The second-order valence-electron chi connectivity index (χ2n) is 4.87. The van der Waals surface area contributed by atoms with Gasteiger partial charge in [0.15, 0.2) is 0 Å². The first-order valence-corrected chi connectivity index (χ1v) is 7.64. The fraction of sp³-hybridized carbons (Fsp3) is 0.462. The van der Waals surface area contributed by atoms with Crippen LogP contribution in [-0.2, 0) is 10.0 Å². The van der Waals surface area contributed by atoms with E-state index in [0.29, 0.717) is 12.1 Å². The van der Waals surface area contributed by atoms with Crippen molar-refractivity contribution in [1.29, 1.82) is 0 Å². The highest BCUT2D eigenvalue weighted by atomic mass is 32.2. The van der Waals surface area contributed by atoms with E-state index in [1.54, 1.807) is 0 Å². The molecule has 6 nitrogen and oxygen atoms in total. The molecule has 1 rings (SSSR count). The molecule has 1 aromatic carbocycles. The zero-order valence-corrected chi connectivity index (χ0v) is 13.1. The zero-order valence-electron chi connectivity index (χ0n) is 12.3. The Labute approximate surface area is 120 Å². The molecule has 0 aliphatic rings. The monoisotopic (exact) mass is 299 g/mol. The fourth-order valence-corrected chi connectivity index (χ4v) is 2.39. The Hall–Kier alpha value is -1.44. The van der Waals surface area contributed by atoms with Gasteiger partial charge < -0.3 is 10.2 Å². The molecular formula is C13H21N3O3S. The first-order valence-electron chi connectivity index (χ1n) is 6.20. The number of nitrogens with zero attached hydrogens (tertiary/aromatic N) is 2. The molecule has 20 heavy (non-hydrogen) atoms. The van der Waals surface area contributed by atoms with Gasteiger partial charge in [0.2, 0.25) is 10.0 Å². The van der Waals surface area contributed by atoms with Gasteiger partial charge in [-0.3, -0.25) is 4.79 Å². The molecule has 0 saturated heterocycles. The summed E-state index contributed by atoms with van der Waals surface area (Å²) in [6.45, 7) is 1.29. The smallest absolute Gasteiger partial charge is 0.251 e. The summed E-state index contributed by atoms with van der Waals surface area (Å²) in [6.07, 6.45) is 0. The Kier molecular flexibility index (Phi) is 5.67. The van der Waals surface area contributed by atoms with Gasteiger partial charge in [0.25, 0.3) is 5.91 Å². The van der Waals surface area contributed by atoms with Crippen molar-refractivity contribution in [3.63, 3.8) is 0 Å². The van der Waals surface area contributed by atoms with Crippen LogP contribution >= 0.6 is 0 Å². The molecule has 7 heteroatoms. The first kappa shape index (κ1) is 16.6. The topological polar surface area (TPSA) is 69.7 Å². The predicted octanol–water partition coefficient (Wildman–Crippen LogP) is 0.228. The highest BCUT2D eigenvalue weighted by Gasteiger charge is 2.17. The summed E-state index contributed by atoms with van der Waals surface area (Å²) in [7, 11) is 3.33. The highest BCUT2D eigenvalue weighted by Crippen LogP contribution is 2.13. The molecule has 112 valence electrons. The van der Waals surface area contributed by atoms with E-state index in [2.05, 4.69) is 5.32 Å². The van der Waals surface area contributed by atoms with Gasteiger partial charge in [-0.25, -0.2) is 12.7 Å². The average Bonchev–Trinajstić information content (AvgIpc) is 2.38. The molecule has 0 spiro atoms. The summed E-state index contributed by atoms with van der Waals surface area (Å²) in [5.41, 5.74) is 0.446. The van der Waals surface area contributed by atoms with E-state index in [9.17, 15) is 13.2 Å². The van der Waals surface area contributed by atoms with Crippen LogP contribution in [0.2, 0.25) is 0 Å². The fourth-order valence-electron chi connectivity index (χ4n) is 1.48. The number of carbonyl (C=O) groups is 1. The Balaban J connectivity index is 2.74. The maximum absolute atomic E-state index is 11.9. The molecule has 1 aromatic rings. The third kappa shape index (κ3) is 4.29. The second-order valence-corrected chi connectivity index (χ2v) is 7.02. The van der Waals surface area contributed by atoms with Crippen molar-refractivity contribution < 1.29 is 13.2 Å². The molecule has 0 aliphatic carbocycles. The zero-order chi connectivity index (χ0) is 15.3. The Morgan fingerprint density at radius 1 is 1.10 bits per heavy atom. The quantitative estimate of drug-likeness (QED) is 0.816. The maximum atomic E-state index is 11.9. The van der Waals surface area contributed by atoms with Crippen LogP contribution in [0.5, 0.6) is 0 Å². The van der Waals surface area contributed by atoms with E-state index < -0.39 is 10.0 Å². The van der Waals surface area contributed by atoms with Crippen LogP contribution in [0.25, 0.3) is 0 Å². The minimum absolute atomic E-state index is 0.173. The summed E-state index contributed by atoms with van der Waals surface area (Å²) in [6, 6.07) is 5.91. The summed E-state index contributed by atoms with van der Waals surface area (Å²) in [4.78, 5) is 14.0. The molecule has 0 aliphatic heterocycles. The normalized spacial score (nSPS) is 11.9. The van der Waals surface area contributed by atoms with Crippen LogP contribution in [0.4, 0.5) is 0 Å². The maximum Gasteiger partial charge on any atom is 0.251 e. The van der Waals surface area contributed by atoms with Crippen molar-refractivity contribution in [2.45, 2.75) is 4.90 Å². The predicted molar refractivity (Wildman–Crippen MR) is 78.2 cm³/mol. The van der Waals surface area contributed by atoms with Crippen molar-refractivity contribution in [3.8, 4) is 0 Å². The summed E-state index contributed by atoms with van der Waals surface area (Å²) < 4.78 is 24.9. The molecule has 0 heterocycles. The number of carbonyl (C=O) groups excluding carboxylic acids is 1. The van der Waals surface area contributed by atoms with Crippen molar-refractivity contribution in [2.75, 3.05) is 41.3 Å².